The minimum atomic E-state index is -0.180. The lowest BCUT2D eigenvalue weighted by molar-refractivity contribution is 0.199. The number of nitrogens with zero attached hydrogens (tertiary/aromatic N) is 1. The molecule has 2 nitrogen and oxygen atoms in total. The monoisotopic (exact) mass is 236 g/mol. The largest absolute Gasteiger partial charge is 0.384 e. The van der Waals surface area contributed by atoms with Crippen LogP contribution in [0.2, 0.25) is 0 Å². The number of hydrogen-bond acceptors (Lipinski definition) is 2. The van der Waals surface area contributed by atoms with Crippen molar-refractivity contribution in [2.24, 2.45) is 5.92 Å². The molecule has 0 atom stereocenters. The fraction of sp³-hybridized carbons (Fsp3) is 0.571. The standard InChI is InChI=1S/C14H21FN2/c1-12-6-9-17(10-7-12)11-8-16-14-4-2-13(15)3-5-14/h2-5,12,16H,6-11H2,1H3. The average Bonchev–Trinajstić information content (AvgIpc) is 2.34. The van der Waals surface area contributed by atoms with Gasteiger partial charge in [-0.05, 0) is 56.1 Å². The fourth-order valence-corrected chi connectivity index (χ4v) is 2.21. The van der Waals surface area contributed by atoms with Crippen LogP contribution in [-0.4, -0.2) is 31.1 Å². The van der Waals surface area contributed by atoms with Gasteiger partial charge in [-0.1, -0.05) is 6.92 Å². The smallest absolute Gasteiger partial charge is 0.123 e. The summed E-state index contributed by atoms with van der Waals surface area (Å²) >= 11 is 0. The van der Waals surface area contributed by atoms with Gasteiger partial charge in [-0.2, -0.15) is 0 Å². The molecule has 1 aliphatic rings. The van der Waals surface area contributed by atoms with E-state index in [-0.39, 0.29) is 5.82 Å². The van der Waals surface area contributed by atoms with Gasteiger partial charge in [0.25, 0.3) is 0 Å². The summed E-state index contributed by atoms with van der Waals surface area (Å²) in [5.74, 6) is 0.705. The van der Waals surface area contributed by atoms with Crippen molar-refractivity contribution < 1.29 is 4.39 Å². The molecule has 1 heterocycles. The molecule has 1 N–H and O–H groups in total. The SMILES string of the molecule is CC1CCN(CCNc2ccc(F)cc2)CC1. The second-order valence-electron chi connectivity index (χ2n) is 4.96. The van der Waals surface area contributed by atoms with Crippen LogP contribution in [0, 0.1) is 11.7 Å². The Morgan fingerprint density at radius 3 is 2.53 bits per heavy atom. The third-order valence-corrected chi connectivity index (χ3v) is 3.48. The fourth-order valence-electron chi connectivity index (χ4n) is 2.21. The number of halogens is 1. The molecule has 0 aromatic heterocycles. The van der Waals surface area contributed by atoms with Crippen molar-refractivity contribution in [2.45, 2.75) is 19.8 Å². The third-order valence-electron chi connectivity index (χ3n) is 3.48. The number of anilines is 1. The Labute approximate surface area is 103 Å². The van der Waals surface area contributed by atoms with Gasteiger partial charge in [-0.3, -0.25) is 0 Å². The predicted octanol–water partition coefficient (Wildman–Crippen LogP) is 2.97. The van der Waals surface area contributed by atoms with E-state index in [0.29, 0.717) is 0 Å². The van der Waals surface area contributed by atoms with Crippen molar-refractivity contribution in [1.29, 1.82) is 0 Å². The topological polar surface area (TPSA) is 15.3 Å². The van der Waals surface area contributed by atoms with E-state index >= 15 is 0 Å². The van der Waals surface area contributed by atoms with Crippen molar-refractivity contribution in [3.05, 3.63) is 30.1 Å². The number of piperidine rings is 1. The summed E-state index contributed by atoms with van der Waals surface area (Å²) in [5.41, 5.74) is 0.997. The quantitative estimate of drug-likeness (QED) is 0.864. The van der Waals surface area contributed by atoms with Gasteiger partial charge in [0.05, 0.1) is 0 Å². The first-order valence-corrected chi connectivity index (χ1v) is 6.46. The Morgan fingerprint density at radius 1 is 1.24 bits per heavy atom. The first-order valence-electron chi connectivity index (χ1n) is 6.46. The second-order valence-corrected chi connectivity index (χ2v) is 4.96. The molecule has 0 amide bonds. The van der Waals surface area contributed by atoms with Gasteiger partial charge in [-0.25, -0.2) is 4.39 Å². The summed E-state index contributed by atoms with van der Waals surface area (Å²) < 4.78 is 12.7. The average molecular weight is 236 g/mol. The number of hydrogen-bond donors (Lipinski definition) is 1. The number of rotatable bonds is 4. The molecule has 0 saturated carbocycles. The van der Waals surface area contributed by atoms with E-state index in [9.17, 15) is 4.39 Å². The highest BCUT2D eigenvalue weighted by Gasteiger charge is 2.14. The molecule has 0 bridgehead atoms. The number of likely N-dealkylation sites (tertiary alicyclic amines) is 1. The lowest BCUT2D eigenvalue weighted by atomic mass is 9.99. The summed E-state index contributed by atoms with van der Waals surface area (Å²) in [6, 6.07) is 6.55. The first kappa shape index (κ1) is 12.4. The highest BCUT2D eigenvalue weighted by Crippen LogP contribution is 2.15. The number of nitrogens with one attached hydrogen (secondary N) is 1. The minimum Gasteiger partial charge on any atom is -0.384 e. The molecule has 0 unspecified atom stereocenters. The second kappa shape index (κ2) is 6.01. The summed E-state index contributed by atoms with van der Waals surface area (Å²) in [6.45, 7) is 6.76. The Balaban J connectivity index is 1.67. The van der Waals surface area contributed by atoms with E-state index in [1.54, 1.807) is 12.1 Å². The van der Waals surface area contributed by atoms with Crippen molar-refractivity contribution in [3.63, 3.8) is 0 Å². The molecule has 2 rings (SSSR count). The van der Waals surface area contributed by atoms with Gasteiger partial charge < -0.3 is 10.2 Å². The summed E-state index contributed by atoms with van der Waals surface area (Å²) in [4.78, 5) is 2.50. The summed E-state index contributed by atoms with van der Waals surface area (Å²) in [7, 11) is 0. The molecule has 1 saturated heterocycles. The van der Waals surface area contributed by atoms with E-state index in [1.165, 1.54) is 38.1 Å². The molecule has 3 heteroatoms. The maximum atomic E-state index is 12.7. The van der Waals surface area contributed by atoms with Gasteiger partial charge in [0, 0.05) is 18.8 Å². The molecular weight excluding hydrogens is 215 g/mol. The molecule has 1 aliphatic heterocycles. The zero-order valence-corrected chi connectivity index (χ0v) is 10.5. The van der Waals surface area contributed by atoms with E-state index in [0.717, 1.165) is 24.7 Å². The maximum Gasteiger partial charge on any atom is 0.123 e. The van der Waals surface area contributed by atoms with Gasteiger partial charge in [0.1, 0.15) is 5.82 Å². The normalized spacial score (nSPS) is 18.2. The van der Waals surface area contributed by atoms with Crippen LogP contribution in [0.3, 0.4) is 0 Å². The zero-order chi connectivity index (χ0) is 12.1. The van der Waals surface area contributed by atoms with Crippen molar-refractivity contribution in [1.82, 2.24) is 4.90 Å². The highest BCUT2D eigenvalue weighted by atomic mass is 19.1. The van der Waals surface area contributed by atoms with E-state index in [1.807, 2.05) is 0 Å². The van der Waals surface area contributed by atoms with E-state index in [2.05, 4.69) is 17.1 Å². The molecular formula is C14H21FN2. The molecule has 0 radical (unpaired) electrons. The van der Waals surface area contributed by atoms with Crippen LogP contribution < -0.4 is 5.32 Å². The Hall–Kier alpha value is -1.09. The lowest BCUT2D eigenvalue weighted by Gasteiger charge is -2.30. The van der Waals surface area contributed by atoms with E-state index < -0.39 is 0 Å². The van der Waals surface area contributed by atoms with Crippen LogP contribution in [0.4, 0.5) is 10.1 Å². The zero-order valence-electron chi connectivity index (χ0n) is 10.5. The minimum absolute atomic E-state index is 0.180. The van der Waals surface area contributed by atoms with Gasteiger partial charge in [0.2, 0.25) is 0 Å². The molecule has 17 heavy (non-hydrogen) atoms. The predicted molar refractivity (Wildman–Crippen MR) is 69.7 cm³/mol. The molecule has 1 fully saturated rings. The lowest BCUT2D eigenvalue weighted by Crippen LogP contribution is -2.36. The molecule has 1 aromatic rings. The molecule has 0 aliphatic carbocycles. The van der Waals surface area contributed by atoms with Crippen LogP contribution in [0.1, 0.15) is 19.8 Å². The number of benzene rings is 1. The highest BCUT2D eigenvalue weighted by molar-refractivity contribution is 5.42. The van der Waals surface area contributed by atoms with Crippen LogP contribution in [0.25, 0.3) is 0 Å². The Morgan fingerprint density at radius 2 is 1.88 bits per heavy atom. The van der Waals surface area contributed by atoms with Gasteiger partial charge in [0.15, 0.2) is 0 Å². The van der Waals surface area contributed by atoms with Crippen molar-refractivity contribution in [2.75, 3.05) is 31.5 Å². The molecule has 0 spiro atoms. The Bertz CT molecular complexity index is 329. The summed E-state index contributed by atoms with van der Waals surface area (Å²) in [6.07, 6.45) is 2.63. The Kier molecular flexibility index (Phi) is 4.37. The van der Waals surface area contributed by atoms with Crippen LogP contribution in [0.15, 0.2) is 24.3 Å². The molecule has 94 valence electrons. The summed E-state index contributed by atoms with van der Waals surface area (Å²) in [5, 5.41) is 3.32. The van der Waals surface area contributed by atoms with Gasteiger partial charge >= 0.3 is 0 Å². The first-order chi connectivity index (χ1) is 8.24. The molecule has 1 aromatic carbocycles. The van der Waals surface area contributed by atoms with E-state index in [4.69, 9.17) is 0 Å². The van der Waals surface area contributed by atoms with Crippen LogP contribution in [0.5, 0.6) is 0 Å². The maximum absolute atomic E-state index is 12.7. The van der Waals surface area contributed by atoms with Gasteiger partial charge in [-0.15, -0.1) is 0 Å². The van der Waals surface area contributed by atoms with Crippen LogP contribution in [-0.2, 0) is 0 Å². The van der Waals surface area contributed by atoms with Crippen molar-refractivity contribution in [3.8, 4) is 0 Å². The van der Waals surface area contributed by atoms with Crippen LogP contribution >= 0.6 is 0 Å². The van der Waals surface area contributed by atoms with Crippen molar-refractivity contribution >= 4 is 5.69 Å². The third kappa shape index (κ3) is 4.00.